The number of carbonyl (C=O) groups excluding carboxylic acids is 1. The van der Waals surface area contributed by atoms with Crippen LogP contribution in [0.15, 0.2) is 65.2 Å². The first kappa shape index (κ1) is 19.9. The van der Waals surface area contributed by atoms with E-state index < -0.39 is 0 Å². The summed E-state index contributed by atoms with van der Waals surface area (Å²) in [4.78, 5) is 20.0. The third-order valence-corrected chi connectivity index (χ3v) is 6.35. The fraction of sp³-hybridized carbons (Fsp3) is 0.400. The van der Waals surface area contributed by atoms with E-state index in [4.69, 9.17) is 9.26 Å². The molecule has 1 saturated carbocycles. The lowest BCUT2D eigenvalue weighted by molar-refractivity contribution is -0.135. The van der Waals surface area contributed by atoms with E-state index in [1.165, 1.54) is 0 Å². The molecule has 160 valence electrons. The average molecular weight is 418 g/mol. The monoisotopic (exact) mass is 417 g/mol. The molecule has 3 aromatic rings. The number of ether oxygens (including phenoxy) is 1. The molecule has 1 aromatic heterocycles. The average Bonchev–Trinajstić information content (AvgIpc) is 3.25. The number of amides is 1. The molecule has 0 bridgehead atoms. The Labute approximate surface area is 182 Å². The van der Waals surface area contributed by atoms with Crippen molar-refractivity contribution in [2.75, 3.05) is 13.2 Å². The number of carbonyl (C=O) groups is 1. The van der Waals surface area contributed by atoms with Crippen LogP contribution in [0, 0.1) is 0 Å². The van der Waals surface area contributed by atoms with Crippen LogP contribution < -0.4 is 0 Å². The van der Waals surface area contributed by atoms with Gasteiger partial charge in [-0.2, -0.15) is 4.98 Å². The van der Waals surface area contributed by atoms with Gasteiger partial charge in [0.2, 0.25) is 11.8 Å². The van der Waals surface area contributed by atoms with Crippen molar-refractivity contribution in [2.45, 2.75) is 50.2 Å². The summed E-state index contributed by atoms with van der Waals surface area (Å²) in [5, 5.41) is 4.13. The molecule has 1 unspecified atom stereocenters. The Bertz CT molecular complexity index is 1010. The Morgan fingerprint density at radius 1 is 1.10 bits per heavy atom. The van der Waals surface area contributed by atoms with Crippen LogP contribution in [0.5, 0.6) is 0 Å². The minimum Gasteiger partial charge on any atom is -0.376 e. The molecular weight excluding hydrogens is 390 g/mol. The Morgan fingerprint density at radius 2 is 1.84 bits per heavy atom. The van der Waals surface area contributed by atoms with Gasteiger partial charge in [0, 0.05) is 13.0 Å². The van der Waals surface area contributed by atoms with Gasteiger partial charge < -0.3 is 14.2 Å². The first-order valence-electron chi connectivity index (χ1n) is 11.1. The third kappa shape index (κ3) is 4.12. The lowest BCUT2D eigenvalue weighted by Crippen LogP contribution is -2.39. The minimum atomic E-state index is -0.363. The van der Waals surface area contributed by atoms with E-state index in [0.29, 0.717) is 31.3 Å². The van der Waals surface area contributed by atoms with Crippen molar-refractivity contribution in [1.29, 1.82) is 0 Å². The van der Waals surface area contributed by atoms with Crippen molar-refractivity contribution < 1.29 is 14.1 Å². The van der Waals surface area contributed by atoms with Crippen molar-refractivity contribution in [2.24, 2.45) is 0 Å². The molecule has 2 fully saturated rings. The second-order valence-corrected chi connectivity index (χ2v) is 8.44. The van der Waals surface area contributed by atoms with Gasteiger partial charge in [0.1, 0.15) is 6.04 Å². The molecule has 2 aliphatic rings. The van der Waals surface area contributed by atoms with Gasteiger partial charge in [0.25, 0.3) is 0 Å². The highest BCUT2D eigenvalue weighted by Gasteiger charge is 2.54. The van der Waals surface area contributed by atoms with E-state index in [9.17, 15) is 4.79 Å². The summed E-state index contributed by atoms with van der Waals surface area (Å²) in [6, 6.07) is 20.1. The maximum atomic E-state index is 13.5. The first-order valence-corrected chi connectivity index (χ1v) is 11.1. The highest BCUT2D eigenvalue weighted by Crippen LogP contribution is 2.51. The second-order valence-electron chi connectivity index (χ2n) is 8.44. The Morgan fingerprint density at radius 3 is 2.58 bits per heavy atom. The van der Waals surface area contributed by atoms with Crippen LogP contribution in [0.3, 0.4) is 0 Å². The van der Waals surface area contributed by atoms with Crippen LogP contribution in [-0.2, 0) is 28.0 Å². The summed E-state index contributed by atoms with van der Waals surface area (Å²) in [7, 11) is 0. The third-order valence-electron chi connectivity index (χ3n) is 6.35. The van der Waals surface area contributed by atoms with E-state index >= 15 is 0 Å². The van der Waals surface area contributed by atoms with Gasteiger partial charge in [0.15, 0.2) is 5.82 Å². The van der Waals surface area contributed by atoms with Gasteiger partial charge in [-0.1, -0.05) is 65.8 Å². The van der Waals surface area contributed by atoms with Crippen molar-refractivity contribution in [3.63, 3.8) is 0 Å². The van der Waals surface area contributed by atoms with Gasteiger partial charge in [-0.15, -0.1) is 0 Å². The molecule has 1 aliphatic heterocycles. The van der Waals surface area contributed by atoms with Crippen molar-refractivity contribution in [3.8, 4) is 0 Å². The molecule has 0 spiro atoms. The predicted octanol–water partition coefficient (Wildman–Crippen LogP) is 4.22. The molecule has 6 heteroatoms. The highest BCUT2D eigenvalue weighted by molar-refractivity contribution is 5.91. The molecule has 2 heterocycles. The van der Waals surface area contributed by atoms with Crippen molar-refractivity contribution in [3.05, 3.63) is 83.5 Å². The molecule has 31 heavy (non-hydrogen) atoms. The zero-order valence-electron chi connectivity index (χ0n) is 17.6. The summed E-state index contributed by atoms with van der Waals surface area (Å²) in [6.07, 6.45) is 4.23. The van der Waals surface area contributed by atoms with Gasteiger partial charge in [-0.05, 0) is 36.8 Å². The summed E-state index contributed by atoms with van der Waals surface area (Å²) < 4.78 is 11.3. The summed E-state index contributed by atoms with van der Waals surface area (Å²) >= 11 is 0. The molecule has 1 saturated heterocycles. The number of rotatable bonds is 8. The number of hydrogen-bond donors (Lipinski definition) is 0. The van der Waals surface area contributed by atoms with Gasteiger partial charge >= 0.3 is 0 Å². The largest absolute Gasteiger partial charge is 0.376 e. The second kappa shape index (κ2) is 8.63. The smallest absolute Gasteiger partial charge is 0.249 e. The van der Waals surface area contributed by atoms with E-state index in [-0.39, 0.29) is 17.4 Å². The number of likely N-dealkylation sites (tertiary alicyclic amines) is 1. The van der Waals surface area contributed by atoms with E-state index in [1.54, 1.807) is 0 Å². The van der Waals surface area contributed by atoms with Crippen LogP contribution in [0.25, 0.3) is 0 Å². The minimum absolute atomic E-state index is 0.125. The van der Waals surface area contributed by atoms with Crippen LogP contribution in [0.1, 0.15) is 54.6 Å². The van der Waals surface area contributed by atoms with E-state index in [2.05, 4.69) is 22.3 Å². The molecule has 0 radical (unpaired) electrons. The standard InChI is InChI=1S/C25H27N3O3/c29-24(25(14-15-25)20-10-5-2-6-11-20)28-16-7-12-21(28)23-26-22(27-31-23)13-17-30-18-19-8-3-1-4-9-19/h1-6,8-11,21H,7,12-18H2. The van der Waals surface area contributed by atoms with Gasteiger partial charge in [-0.25, -0.2) is 0 Å². The topological polar surface area (TPSA) is 68.5 Å². The summed E-state index contributed by atoms with van der Waals surface area (Å²) in [5.41, 5.74) is 1.90. The van der Waals surface area contributed by atoms with Crippen LogP contribution in [-0.4, -0.2) is 34.1 Å². The fourth-order valence-corrected chi connectivity index (χ4v) is 4.48. The lowest BCUT2D eigenvalue weighted by atomic mass is 9.94. The predicted molar refractivity (Wildman–Crippen MR) is 115 cm³/mol. The first-order chi connectivity index (χ1) is 15.3. The lowest BCUT2D eigenvalue weighted by Gasteiger charge is -2.27. The Kier molecular flexibility index (Phi) is 5.55. The zero-order valence-corrected chi connectivity index (χ0v) is 17.6. The SMILES string of the molecule is O=C(N1CCCC1c1nc(CCOCc2ccccc2)no1)C1(c2ccccc2)CC1. The summed E-state index contributed by atoms with van der Waals surface area (Å²) in [6.45, 7) is 1.84. The van der Waals surface area contributed by atoms with Crippen molar-refractivity contribution >= 4 is 5.91 Å². The molecule has 0 N–H and O–H groups in total. The molecular formula is C25H27N3O3. The van der Waals surface area contributed by atoms with Crippen LogP contribution in [0.2, 0.25) is 0 Å². The molecule has 1 amide bonds. The van der Waals surface area contributed by atoms with Gasteiger partial charge in [0.05, 0.1) is 18.6 Å². The van der Waals surface area contributed by atoms with Crippen LogP contribution in [0.4, 0.5) is 0 Å². The fourth-order valence-electron chi connectivity index (χ4n) is 4.48. The van der Waals surface area contributed by atoms with E-state index in [0.717, 1.165) is 43.4 Å². The van der Waals surface area contributed by atoms with Crippen molar-refractivity contribution in [1.82, 2.24) is 15.0 Å². The normalized spacial score (nSPS) is 19.5. The molecule has 1 atom stereocenters. The van der Waals surface area contributed by atoms with E-state index in [1.807, 2.05) is 53.4 Å². The number of nitrogens with zero attached hydrogens (tertiary/aromatic N) is 3. The van der Waals surface area contributed by atoms with Crippen LogP contribution >= 0.6 is 0 Å². The zero-order chi connectivity index (χ0) is 21.1. The molecule has 1 aliphatic carbocycles. The highest BCUT2D eigenvalue weighted by atomic mass is 16.5. The van der Waals surface area contributed by atoms with Gasteiger partial charge in [-0.3, -0.25) is 4.79 Å². The molecule has 2 aromatic carbocycles. The number of benzene rings is 2. The molecule has 6 nitrogen and oxygen atoms in total. The summed E-state index contributed by atoms with van der Waals surface area (Å²) in [5.74, 6) is 1.38. The number of aromatic nitrogens is 2. The number of hydrogen-bond acceptors (Lipinski definition) is 5. The maximum absolute atomic E-state index is 13.5. The molecule has 5 rings (SSSR count). The maximum Gasteiger partial charge on any atom is 0.249 e. The Balaban J connectivity index is 1.20. The Hall–Kier alpha value is -2.99. The quantitative estimate of drug-likeness (QED) is 0.513.